The number of para-hydroxylation sites is 1. The highest BCUT2D eigenvalue weighted by Crippen LogP contribution is 2.52. The molecule has 0 atom stereocenters. The van der Waals surface area contributed by atoms with Gasteiger partial charge in [0.15, 0.2) is 6.61 Å². The van der Waals surface area contributed by atoms with Crippen molar-refractivity contribution in [3.63, 3.8) is 0 Å². The first-order chi connectivity index (χ1) is 13.9. The monoisotopic (exact) mass is 443 g/mol. The first-order valence-corrected chi connectivity index (χ1v) is 11.9. The molecule has 3 aromatic rings. The van der Waals surface area contributed by atoms with Crippen molar-refractivity contribution >= 4 is 44.5 Å². The summed E-state index contributed by atoms with van der Waals surface area (Å²) >= 11 is 5.64. The van der Waals surface area contributed by atoms with Crippen molar-refractivity contribution in [1.82, 2.24) is 0 Å². The van der Waals surface area contributed by atoms with E-state index in [1.807, 2.05) is 60.4 Å². The van der Waals surface area contributed by atoms with Crippen molar-refractivity contribution in [2.24, 2.45) is 0 Å². The fraction of sp³-hybridized carbons (Fsp3) is 0.273. The third-order valence-corrected chi connectivity index (χ3v) is 8.22. The molecule has 0 radical (unpaired) electrons. The number of nitrogens with zero attached hydrogens (tertiary/aromatic N) is 1. The van der Waals surface area contributed by atoms with E-state index in [0.717, 1.165) is 31.3 Å². The number of carbonyl (C=O) groups is 1. The molecule has 2 aromatic carbocycles. The van der Waals surface area contributed by atoms with E-state index in [0.29, 0.717) is 12.4 Å². The van der Waals surface area contributed by atoms with Crippen LogP contribution in [0.25, 0.3) is 11.1 Å². The second kappa shape index (κ2) is 7.89. The molecule has 0 aliphatic carbocycles. The number of rotatable bonds is 5. The number of benzene rings is 2. The predicted octanol–water partition coefficient (Wildman–Crippen LogP) is 6.27. The van der Waals surface area contributed by atoms with Gasteiger partial charge in [-0.1, -0.05) is 51.1 Å². The number of amides is 1. The molecule has 7 heteroatoms. The Bertz CT molecular complexity index is 1100. The average molecular weight is 444 g/mol. The van der Waals surface area contributed by atoms with Gasteiger partial charge in [0.1, 0.15) is 15.3 Å². The minimum absolute atomic E-state index is 0.0367. The van der Waals surface area contributed by atoms with Gasteiger partial charge in [0.05, 0.1) is 22.7 Å². The Morgan fingerprint density at radius 3 is 2.55 bits per heavy atom. The molecule has 2 heterocycles. The van der Waals surface area contributed by atoms with Gasteiger partial charge in [-0.25, -0.2) is 0 Å². The summed E-state index contributed by atoms with van der Waals surface area (Å²) in [7, 11) is 3.22. The Morgan fingerprint density at radius 2 is 1.83 bits per heavy atom. The summed E-state index contributed by atoms with van der Waals surface area (Å²) in [5.74, 6) is 1.35. The largest absolute Gasteiger partial charge is 0.494 e. The van der Waals surface area contributed by atoms with Gasteiger partial charge < -0.3 is 9.47 Å². The number of carbonyl (C=O) groups excluding carboxylic acids is 1. The maximum absolute atomic E-state index is 13.3. The molecular formula is C22H21NO3S3. The second-order valence-electron chi connectivity index (χ2n) is 7.16. The summed E-state index contributed by atoms with van der Waals surface area (Å²) in [5.41, 5.74) is 2.31. The Kier molecular flexibility index (Phi) is 5.46. The first kappa shape index (κ1) is 20.1. The summed E-state index contributed by atoms with van der Waals surface area (Å²) in [6.07, 6.45) is 0. The summed E-state index contributed by atoms with van der Waals surface area (Å²) in [6, 6.07) is 15.2. The van der Waals surface area contributed by atoms with Crippen molar-refractivity contribution in [1.29, 1.82) is 0 Å². The van der Waals surface area contributed by atoms with Gasteiger partial charge in [-0.2, -0.15) is 0 Å². The van der Waals surface area contributed by atoms with E-state index in [-0.39, 0.29) is 12.5 Å². The number of ether oxygens (including phenoxy) is 2. The highest BCUT2D eigenvalue weighted by Gasteiger charge is 2.43. The van der Waals surface area contributed by atoms with Gasteiger partial charge in [-0.05, 0) is 51.1 Å². The van der Waals surface area contributed by atoms with Crippen LogP contribution in [0.4, 0.5) is 5.69 Å². The zero-order valence-electron chi connectivity index (χ0n) is 16.4. The molecule has 0 saturated heterocycles. The second-order valence-corrected chi connectivity index (χ2v) is 9.98. The molecule has 4 nitrogen and oxygen atoms in total. The summed E-state index contributed by atoms with van der Waals surface area (Å²) in [5, 5.41) is 0. The molecular weight excluding hydrogens is 422 g/mol. The molecule has 0 saturated carbocycles. The minimum atomic E-state index is -0.523. The van der Waals surface area contributed by atoms with Crippen LogP contribution in [0.2, 0.25) is 0 Å². The van der Waals surface area contributed by atoms with E-state index in [2.05, 4.69) is 13.8 Å². The van der Waals surface area contributed by atoms with Crippen LogP contribution in [-0.2, 0) is 10.3 Å². The molecule has 0 spiro atoms. The highest BCUT2D eigenvalue weighted by molar-refractivity contribution is 7.80. The smallest absolute Gasteiger partial charge is 0.265 e. The topological polar surface area (TPSA) is 38.8 Å². The number of hydrogen-bond donors (Lipinski definition) is 0. The van der Waals surface area contributed by atoms with Gasteiger partial charge >= 0.3 is 0 Å². The quantitative estimate of drug-likeness (QED) is 0.344. The average Bonchev–Trinajstić information content (AvgIpc) is 3.11. The van der Waals surface area contributed by atoms with Crippen LogP contribution in [-0.4, -0.2) is 19.1 Å². The van der Waals surface area contributed by atoms with E-state index in [1.54, 1.807) is 20.7 Å². The molecule has 4 rings (SSSR count). The van der Waals surface area contributed by atoms with Crippen LogP contribution in [0.1, 0.15) is 25.6 Å². The van der Waals surface area contributed by atoms with Crippen LogP contribution in [0.3, 0.4) is 0 Å². The molecule has 1 aromatic heterocycles. The molecule has 0 unspecified atom stereocenters. The molecule has 1 aliphatic heterocycles. The van der Waals surface area contributed by atoms with Crippen LogP contribution in [0.5, 0.6) is 11.5 Å². The van der Waals surface area contributed by atoms with Crippen LogP contribution in [0, 0.1) is 3.82 Å². The Balaban J connectivity index is 1.76. The van der Waals surface area contributed by atoms with Crippen molar-refractivity contribution < 1.29 is 14.3 Å². The zero-order chi connectivity index (χ0) is 20.6. The number of hydrogen-bond acceptors (Lipinski definition) is 6. The number of fused-ring (bicyclic) bond motifs is 3. The fourth-order valence-electron chi connectivity index (χ4n) is 3.64. The van der Waals surface area contributed by atoms with Crippen LogP contribution >= 0.6 is 32.9 Å². The Morgan fingerprint density at radius 1 is 1.07 bits per heavy atom. The maximum Gasteiger partial charge on any atom is 0.265 e. The standard InChI is InChI=1S/C22H21NO3S3/c1-4-25-15-10-11-17-16(12-15)19-20(28-29-21(19)27)22(2,3)23(17)18(24)13-26-14-8-6-5-7-9-14/h5-12H,4,13H2,1-3H3. The van der Waals surface area contributed by atoms with Crippen molar-refractivity contribution in [2.45, 2.75) is 26.3 Å². The third kappa shape index (κ3) is 3.58. The summed E-state index contributed by atoms with van der Waals surface area (Å²) < 4.78 is 12.3. The lowest BCUT2D eigenvalue weighted by Gasteiger charge is -2.42. The lowest BCUT2D eigenvalue weighted by Crippen LogP contribution is -2.49. The van der Waals surface area contributed by atoms with Crippen molar-refractivity contribution in [2.75, 3.05) is 18.1 Å². The number of anilines is 1. The molecule has 150 valence electrons. The normalized spacial score (nSPS) is 14.1. The van der Waals surface area contributed by atoms with Crippen LogP contribution < -0.4 is 14.4 Å². The Labute approximate surface area is 182 Å². The molecule has 0 N–H and O–H groups in total. The summed E-state index contributed by atoms with van der Waals surface area (Å²) in [4.78, 5) is 16.3. The highest BCUT2D eigenvalue weighted by atomic mass is 32.9. The van der Waals surface area contributed by atoms with Crippen LogP contribution in [0.15, 0.2) is 48.5 Å². The molecule has 29 heavy (non-hydrogen) atoms. The van der Waals surface area contributed by atoms with Gasteiger partial charge in [-0.15, -0.1) is 0 Å². The van der Waals surface area contributed by atoms with E-state index in [9.17, 15) is 4.79 Å². The van der Waals surface area contributed by atoms with Gasteiger partial charge in [0.2, 0.25) is 0 Å². The third-order valence-electron chi connectivity index (χ3n) is 4.89. The van der Waals surface area contributed by atoms with Crippen molar-refractivity contribution in [3.8, 4) is 22.6 Å². The van der Waals surface area contributed by atoms with Gasteiger partial charge in [-0.3, -0.25) is 9.69 Å². The lowest BCUT2D eigenvalue weighted by atomic mass is 9.87. The molecule has 1 amide bonds. The van der Waals surface area contributed by atoms with E-state index in [1.165, 1.54) is 0 Å². The predicted molar refractivity (Wildman–Crippen MR) is 122 cm³/mol. The minimum Gasteiger partial charge on any atom is -0.494 e. The SMILES string of the molecule is CCOc1ccc2c(c1)-c1c(ssc1=S)C(C)(C)N2C(=O)COc1ccccc1. The summed E-state index contributed by atoms with van der Waals surface area (Å²) in [6.45, 7) is 6.62. The molecule has 0 bridgehead atoms. The van der Waals surface area contributed by atoms with Gasteiger partial charge in [0.25, 0.3) is 5.91 Å². The van der Waals surface area contributed by atoms with Crippen molar-refractivity contribution in [3.05, 3.63) is 57.2 Å². The zero-order valence-corrected chi connectivity index (χ0v) is 18.9. The first-order valence-electron chi connectivity index (χ1n) is 9.35. The maximum atomic E-state index is 13.3. The van der Waals surface area contributed by atoms with E-state index in [4.69, 9.17) is 21.7 Å². The fourth-order valence-corrected chi connectivity index (χ4v) is 6.92. The van der Waals surface area contributed by atoms with E-state index >= 15 is 0 Å². The Hall–Kier alpha value is -2.22. The molecule has 1 aliphatic rings. The van der Waals surface area contributed by atoms with Gasteiger partial charge in [0, 0.05) is 11.1 Å². The molecule has 0 fully saturated rings. The lowest BCUT2D eigenvalue weighted by molar-refractivity contribution is -0.121. The van der Waals surface area contributed by atoms with E-state index < -0.39 is 5.54 Å².